The van der Waals surface area contributed by atoms with E-state index < -0.39 is 5.97 Å². The Balaban J connectivity index is 2.65. The number of aromatic nitrogens is 3. The Morgan fingerprint density at radius 1 is 1.55 bits per heavy atom. The van der Waals surface area contributed by atoms with E-state index in [-0.39, 0.29) is 5.82 Å². The summed E-state index contributed by atoms with van der Waals surface area (Å²) in [6.07, 6.45) is 1.33. The number of carboxylic acids is 1. The third-order valence-corrected chi connectivity index (χ3v) is 2.88. The van der Waals surface area contributed by atoms with E-state index in [9.17, 15) is 4.79 Å². The monoisotopic (exact) mass is 290 g/mol. The quantitative estimate of drug-likeness (QED) is 0.933. The predicted octanol–water partition coefficient (Wildman–Crippen LogP) is 2.44. The van der Waals surface area contributed by atoms with E-state index in [0.29, 0.717) is 28.5 Å². The molecule has 2 rings (SSSR count). The van der Waals surface area contributed by atoms with Gasteiger partial charge in [-0.2, -0.15) is 5.26 Å². The molecular weight excluding hydrogens is 280 g/mol. The van der Waals surface area contributed by atoms with E-state index in [1.165, 1.54) is 4.68 Å². The van der Waals surface area contributed by atoms with E-state index >= 15 is 0 Å². The third-order valence-electron chi connectivity index (χ3n) is 2.65. The Morgan fingerprint density at radius 3 is 2.90 bits per heavy atom. The summed E-state index contributed by atoms with van der Waals surface area (Å²) in [5, 5.41) is 22.5. The SMILES string of the molecule is CCCc1nc(C(=O)O)nn1-c1cc(Cl)ccc1C#N. The third kappa shape index (κ3) is 2.63. The summed E-state index contributed by atoms with van der Waals surface area (Å²) in [7, 11) is 0. The summed E-state index contributed by atoms with van der Waals surface area (Å²) >= 11 is 5.94. The van der Waals surface area contributed by atoms with Gasteiger partial charge in [0.25, 0.3) is 5.82 Å². The standard InChI is InChI=1S/C13H11ClN4O2/c1-2-3-11-16-12(13(19)20)17-18(11)10-6-9(14)5-4-8(10)7-15/h4-6H,2-3H2,1H3,(H,19,20). The van der Waals surface area contributed by atoms with Gasteiger partial charge in [-0.15, -0.1) is 5.10 Å². The van der Waals surface area contributed by atoms with E-state index in [4.69, 9.17) is 22.0 Å². The summed E-state index contributed by atoms with van der Waals surface area (Å²) in [5.74, 6) is -1.01. The molecular formula is C13H11ClN4O2. The van der Waals surface area contributed by atoms with Crippen molar-refractivity contribution >= 4 is 17.6 Å². The molecule has 1 aromatic carbocycles. The lowest BCUT2D eigenvalue weighted by Gasteiger charge is -2.07. The highest BCUT2D eigenvalue weighted by Gasteiger charge is 2.18. The van der Waals surface area contributed by atoms with Crippen molar-refractivity contribution in [3.05, 3.63) is 40.4 Å². The molecule has 0 fully saturated rings. The highest BCUT2D eigenvalue weighted by Crippen LogP contribution is 2.21. The topological polar surface area (TPSA) is 91.8 Å². The first-order valence-corrected chi connectivity index (χ1v) is 6.34. The number of carbonyl (C=O) groups is 1. The summed E-state index contributed by atoms with van der Waals surface area (Å²) in [6.45, 7) is 1.95. The molecule has 20 heavy (non-hydrogen) atoms. The molecule has 0 atom stereocenters. The average Bonchev–Trinajstić information content (AvgIpc) is 2.83. The summed E-state index contributed by atoms with van der Waals surface area (Å²) in [5.41, 5.74) is 0.789. The van der Waals surface area contributed by atoms with Gasteiger partial charge < -0.3 is 5.11 Å². The van der Waals surface area contributed by atoms with Crippen molar-refractivity contribution in [2.24, 2.45) is 0 Å². The molecule has 0 bridgehead atoms. The van der Waals surface area contributed by atoms with Crippen LogP contribution in [0, 0.1) is 11.3 Å². The smallest absolute Gasteiger partial charge is 0.375 e. The average molecular weight is 291 g/mol. The number of aromatic carboxylic acids is 1. The van der Waals surface area contributed by atoms with Crippen LogP contribution in [0.4, 0.5) is 0 Å². The first-order valence-electron chi connectivity index (χ1n) is 5.96. The van der Waals surface area contributed by atoms with Crippen LogP contribution in [0.5, 0.6) is 0 Å². The molecule has 6 nitrogen and oxygen atoms in total. The maximum absolute atomic E-state index is 11.0. The van der Waals surface area contributed by atoms with Crippen LogP contribution in [-0.4, -0.2) is 25.8 Å². The largest absolute Gasteiger partial charge is 0.475 e. The number of carboxylic acid groups (broad SMARTS) is 1. The van der Waals surface area contributed by atoms with Crippen LogP contribution in [0.2, 0.25) is 5.02 Å². The fraction of sp³-hybridized carbons (Fsp3) is 0.231. The van der Waals surface area contributed by atoms with Crippen molar-refractivity contribution in [3.8, 4) is 11.8 Å². The van der Waals surface area contributed by atoms with Gasteiger partial charge in [-0.1, -0.05) is 18.5 Å². The molecule has 0 saturated heterocycles. The van der Waals surface area contributed by atoms with Gasteiger partial charge >= 0.3 is 5.97 Å². The molecule has 1 N–H and O–H groups in total. The first-order chi connectivity index (χ1) is 9.56. The van der Waals surface area contributed by atoms with Gasteiger partial charge in [-0.25, -0.2) is 14.5 Å². The van der Waals surface area contributed by atoms with Crippen LogP contribution in [0.25, 0.3) is 5.69 Å². The molecule has 0 unspecified atom stereocenters. The Kier molecular flexibility index (Phi) is 4.01. The van der Waals surface area contributed by atoms with Gasteiger partial charge in [0.05, 0.1) is 11.3 Å². The van der Waals surface area contributed by atoms with Crippen LogP contribution < -0.4 is 0 Å². The number of hydrogen-bond donors (Lipinski definition) is 1. The molecule has 0 amide bonds. The highest BCUT2D eigenvalue weighted by molar-refractivity contribution is 6.30. The molecule has 1 aromatic heterocycles. The van der Waals surface area contributed by atoms with Gasteiger partial charge in [0.15, 0.2) is 0 Å². The molecule has 2 aromatic rings. The van der Waals surface area contributed by atoms with Gasteiger partial charge in [0.2, 0.25) is 0 Å². The summed E-state index contributed by atoms with van der Waals surface area (Å²) in [4.78, 5) is 15.0. The molecule has 0 radical (unpaired) electrons. The molecule has 0 aliphatic rings. The Labute approximate surface area is 120 Å². The lowest BCUT2D eigenvalue weighted by atomic mass is 10.2. The maximum atomic E-state index is 11.0. The zero-order valence-corrected chi connectivity index (χ0v) is 11.4. The normalized spacial score (nSPS) is 10.2. The molecule has 0 saturated carbocycles. The molecule has 0 aliphatic carbocycles. The van der Waals surface area contributed by atoms with Crippen LogP contribution in [0.3, 0.4) is 0 Å². The Morgan fingerprint density at radius 2 is 2.30 bits per heavy atom. The van der Waals surface area contributed by atoms with Gasteiger partial charge in [-0.05, 0) is 24.6 Å². The van der Waals surface area contributed by atoms with Crippen molar-refractivity contribution in [2.45, 2.75) is 19.8 Å². The minimum Gasteiger partial charge on any atom is -0.475 e. The molecule has 0 spiro atoms. The van der Waals surface area contributed by atoms with Crippen molar-refractivity contribution < 1.29 is 9.90 Å². The van der Waals surface area contributed by atoms with E-state index in [2.05, 4.69) is 10.1 Å². The molecule has 1 heterocycles. The number of nitrogens with zero attached hydrogens (tertiary/aromatic N) is 4. The second-order valence-corrected chi connectivity index (χ2v) is 4.53. The molecule has 7 heteroatoms. The number of nitriles is 1. The number of aryl methyl sites for hydroxylation is 1. The fourth-order valence-corrected chi connectivity index (χ4v) is 1.95. The molecule has 0 aliphatic heterocycles. The van der Waals surface area contributed by atoms with Crippen LogP contribution in [0.1, 0.15) is 35.4 Å². The Bertz CT molecular complexity index is 703. The zero-order chi connectivity index (χ0) is 14.7. The highest BCUT2D eigenvalue weighted by atomic mass is 35.5. The minimum absolute atomic E-state index is 0.294. The second-order valence-electron chi connectivity index (χ2n) is 4.09. The number of benzene rings is 1. The Hall–Kier alpha value is -2.39. The van der Waals surface area contributed by atoms with Gasteiger partial charge in [-0.3, -0.25) is 0 Å². The first kappa shape index (κ1) is 14.0. The summed E-state index contributed by atoms with van der Waals surface area (Å²) < 4.78 is 1.37. The van der Waals surface area contributed by atoms with Gasteiger partial charge in [0, 0.05) is 11.4 Å². The van der Waals surface area contributed by atoms with Crippen molar-refractivity contribution in [3.63, 3.8) is 0 Å². The minimum atomic E-state index is -1.21. The van der Waals surface area contributed by atoms with Crippen molar-refractivity contribution in [2.75, 3.05) is 0 Å². The molecule has 102 valence electrons. The summed E-state index contributed by atoms with van der Waals surface area (Å²) in [6, 6.07) is 6.76. The zero-order valence-electron chi connectivity index (χ0n) is 10.7. The maximum Gasteiger partial charge on any atom is 0.375 e. The number of rotatable bonds is 4. The van der Waals surface area contributed by atoms with Crippen LogP contribution >= 0.6 is 11.6 Å². The van der Waals surface area contributed by atoms with Crippen LogP contribution in [-0.2, 0) is 6.42 Å². The fourth-order valence-electron chi connectivity index (χ4n) is 1.79. The number of hydrogen-bond acceptors (Lipinski definition) is 4. The van der Waals surface area contributed by atoms with E-state index in [1.54, 1.807) is 18.2 Å². The van der Waals surface area contributed by atoms with E-state index in [1.807, 2.05) is 13.0 Å². The van der Waals surface area contributed by atoms with Gasteiger partial charge in [0.1, 0.15) is 11.9 Å². The lowest BCUT2D eigenvalue weighted by molar-refractivity contribution is 0.0683. The number of halogens is 1. The van der Waals surface area contributed by atoms with E-state index in [0.717, 1.165) is 6.42 Å². The second kappa shape index (κ2) is 5.72. The lowest BCUT2D eigenvalue weighted by Crippen LogP contribution is -2.06. The van der Waals surface area contributed by atoms with Crippen molar-refractivity contribution in [1.29, 1.82) is 5.26 Å². The van der Waals surface area contributed by atoms with Crippen LogP contribution in [0.15, 0.2) is 18.2 Å². The predicted molar refractivity (Wildman–Crippen MR) is 72.0 cm³/mol. The van der Waals surface area contributed by atoms with Crippen molar-refractivity contribution in [1.82, 2.24) is 14.8 Å².